The normalized spacial score (nSPS) is 34.0. The van der Waals surface area contributed by atoms with E-state index in [2.05, 4.69) is 80.9 Å². The SMILES string of the molecule is C[B-]1(C)[P+](C)(C)[B-](C)(C)[P+](C)(C)[B-](C)(C)[P+]1(C)C. The highest BCUT2D eigenvalue weighted by molar-refractivity contribution is 8.76. The van der Waals surface area contributed by atoms with Crippen molar-refractivity contribution in [3.05, 3.63) is 0 Å². The maximum Gasteiger partial charge on any atom is 0.237 e. The lowest BCUT2D eigenvalue weighted by molar-refractivity contribution is 1.87. The van der Waals surface area contributed by atoms with Gasteiger partial charge in [0.25, 0.3) is 0 Å². The fourth-order valence-corrected chi connectivity index (χ4v) is 35.7. The maximum absolute atomic E-state index is 2.71. The van der Waals surface area contributed by atoms with Crippen LogP contribution in [0.4, 0.5) is 0 Å². The molecule has 0 unspecified atom stereocenters. The first-order chi connectivity index (χ1) is 7.50. The van der Waals surface area contributed by atoms with Gasteiger partial charge in [-0.1, -0.05) is 0 Å². The van der Waals surface area contributed by atoms with E-state index in [-0.39, 0.29) is 16.8 Å². The van der Waals surface area contributed by atoms with E-state index in [0.717, 1.165) is 0 Å². The highest BCUT2D eigenvalue weighted by atomic mass is 31.3. The smallest absolute Gasteiger partial charge is 0.237 e. The van der Waals surface area contributed by atoms with Crippen molar-refractivity contribution in [2.45, 2.75) is 40.9 Å². The van der Waals surface area contributed by atoms with E-state index in [1.807, 2.05) is 0 Å². The van der Waals surface area contributed by atoms with Gasteiger partial charge >= 0.3 is 0 Å². The van der Waals surface area contributed by atoms with E-state index in [4.69, 9.17) is 0 Å². The zero-order valence-corrected chi connectivity index (χ0v) is 17.8. The van der Waals surface area contributed by atoms with Gasteiger partial charge in [-0.3, -0.25) is 0 Å². The van der Waals surface area contributed by atoms with Crippen LogP contribution in [-0.4, -0.2) is 56.7 Å². The van der Waals surface area contributed by atoms with E-state index in [9.17, 15) is 0 Å². The summed E-state index contributed by atoms with van der Waals surface area (Å²) >= 11 is 0. The van der Waals surface area contributed by atoms with Crippen LogP contribution in [0.5, 0.6) is 0 Å². The third kappa shape index (κ3) is 1.54. The second kappa shape index (κ2) is 4.02. The van der Waals surface area contributed by atoms with Crippen molar-refractivity contribution < 1.29 is 0 Å². The third-order valence-corrected chi connectivity index (χ3v) is 40.0. The first kappa shape index (κ1) is 17.5. The largest absolute Gasteiger partial charge is 0.245 e. The van der Waals surface area contributed by atoms with Gasteiger partial charge in [0.2, 0.25) is 16.8 Å². The molecule has 1 rings (SSSR count). The minimum absolute atomic E-state index is 0.165. The second-order valence-electron chi connectivity index (χ2n) is 10.1. The van der Waals surface area contributed by atoms with Crippen LogP contribution < -0.4 is 0 Å². The second-order valence-corrected chi connectivity index (χ2v) is 28.8. The molecule has 1 saturated heterocycles. The van der Waals surface area contributed by atoms with Crippen molar-refractivity contribution >= 4 is 37.8 Å². The summed E-state index contributed by atoms with van der Waals surface area (Å²) in [5, 5.41) is 0. The van der Waals surface area contributed by atoms with Crippen LogP contribution in [0, 0.1) is 0 Å². The van der Waals surface area contributed by atoms with Crippen molar-refractivity contribution in [2.75, 3.05) is 40.0 Å². The summed E-state index contributed by atoms with van der Waals surface area (Å²) in [6.45, 7) is 32.4. The molecule has 1 heterocycles. The molecule has 0 spiro atoms. The van der Waals surface area contributed by atoms with Crippen molar-refractivity contribution in [1.82, 2.24) is 0 Å². The van der Waals surface area contributed by atoms with Crippen molar-refractivity contribution in [2.24, 2.45) is 0 Å². The molecule has 0 aromatic heterocycles. The molecule has 0 aromatic carbocycles. The Hall–Kier alpha value is 1.48. The fraction of sp³-hybridized carbons (Fsp3) is 1.00. The monoisotopic (exact) mass is 306 g/mol. The molecule has 1 fully saturated rings. The quantitative estimate of drug-likeness (QED) is 0.384. The van der Waals surface area contributed by atoms with Crippen LogP contribution >= 0.6 is 21.1 Å². The first-order valence-electron chi connectivity index (χ1n) is 7.70. The van der Waals surface area contributed by atoms with E-state index in [0.29, 0.717) is 0 Å². The van der Waals surface area contributed by atoms with Crippen molar-refractivity contribution in [1.29, 1.82) is 0 Å². The molecule has 1 aliphatic heterocycles. The lowest BCUT2D eigenvalue weighted by Gasteiger charge is -2.76. The Morgan fingerprint density at radius 1 is 0.389 bits per heavy atom. The highest BCUT2D eigenvalue weighted by Gasteiger charge is 2.74. The Balaban J connectivity index is 3.72. The number of hydrogen-bond acceptors (Lipinski definition) is 0. The number of rotatable bonds is 0. The van der Waals surface area contributed by atoms with E-state index in [1.165, 1.54) is 0 Å². The van der Waals surface area contributed by atoms with Gasteiger partial charge in [-0.05, 0) is 40.0 Å². The van der Waals surface area contributed by atoms with Crippen LogP contribution in [0.25, 0.3) is 0 Å². The summed E-state index contributed by atoms with van der Waals surface area (Å²) in [6, 6.07) is 0. The predicted octanol–water partition coefficient (Wildman–Crippen LogP) is 5.94. The summed E-state index contributed by atoms with van der Waals surface area (Å²) in [4.78, 5) is 0. The summed E-state index contributed by atoms with van der Waals surface area (Å²) in [6.07, 6.45) is 0. The van der Waals surface area contributed by atoms with Gasteiger partial charge in [-0.15, -0.1) is 40.9 Å². The van der Waals surface area contributed by atoms with Crippen LogP contribution in [0.15, 0.2) is 0 Å². The van der Waals surface area contributed by atoms with Crippen LogP contribution in [0.3, 0.4) is 0 Å². The summed E-state index contributed by atoms with van der Waals surface area (Å²) in [5.74, 6) is 0. The van der Waals surface area contributed by atoms with Crippen LogP contribution in [0.2, 0.25) is 40.9 Å². The van der Waals surface area contributed by atoms with Gasteiger partial charge in [0, 0.05) is 0 Å². The molecule has 0 N–H and O–H groups in total. The highest BCUT2D eigenvalue weighted by Crippen LogP contribution is 3.00. The van der Waals surface area contributed by atoms with Gasteiger partial charge in [-0.2, -0.15) is 0 Å². The maximum atomic E-state index is 2.71. The Labute approximate surface area is 119 Å². The Morgan fingerprint density at radius 3 is 0.611 bits per heavy atom. The fourth-order valence-electron chi connectivity index (χ4n) is 4.98. The Morgan fingerprint density at radius 2 is 0.500 bits per heavy atom. The molecule has 0 radical (unpaired) electrons. The predicted molar refractivity (Wildman–Crippen MR) is 109 cm³/mol. The van der Waals surface area contributed by atoms with Gasteiger partial charge in [-0.25, -0.2) is 21.1 Å². The minimum atomic E-state index is -0.826. The first-order valence-corrected chi connectivity index (χ1v) is 16.2. The van der Waals surface area contributed by atoms with Gasteiger partial charge in [0.1, 0.15) is 0 Å². The Bertz CT molecular complexity index is 254. The van der Waals surface area contributed by atoms with E-state index < -0.39 is 21.1 Å². The standard InChI is InChI=1S/C12H36B3P3/c1-13(2)16(7,8)14(3,4)18(11,12)15(5,6)17(13,9)10/h1-12H3. The van der Waals surface area contributed by atoms with E-state index in [1.54, 1.807) is 0 Å². The molecule has 0 amide bonds. The molecule has 0 nitrogen and oxygen atoms in total. The molecule has 0 aliphatic carbocycles. The van der Waals surface area contributed by atoms with Gasteiger partial charge in [0.15, 0.2) is 0 Å². The minimum Gasteiger partial charge on any atom is -0.245 e. The third-order valence-electron chi connectivity index (χ3n) is 9.77. The lowest BCUT2D eigenvalue weighted by Crippen LogP contribution is -2.61. The van der Waals surface area contributed by atoms with Crippen molar-refractivity contribution in [3.63, 3.8) is 0 Å². The summed E-state index contributed by atoms with van der Waals surface area (Å²) < 4.78 is 0. The van der Waals surface area contributed by atoms with Gasteiger partial charge < -0.3 is 0 Å². The average molecular weight is 306 g/mol. The molecule has 0 atom stereocenters. The molecule has 108 valence electrons. The van der Waals surface area contributed by atoms with Crippen molar-refractivity contribution in [3.8, 4) is 0 Å². The average Bonchev–Trinajstić information content (AvgIpc) is 2.14. The molecular formula is C12H36B3P3. The lowest BCUT2D eigenvalue weighted by atomic mass is 9.74. The molecule has 1 aliphatic rings. The van der Waals surface area contributed by atoms with E-state index >= 15 is 0 Å². The number of hydrogen-bond donors (Lipinski definition) is 0. The molecule has 0 aromatic rings. The molecule has 0 saturated carbocycles. The topological polar surface area (TPSA) is 0 Å². The van der Waals surface area contributed by atoms with Gasteiger partial charge in [0.05, 0.1) is 0 Å². The molecule has 0 bridgehead atoms. The summed E-state index contributed by atoms with van der Waals surface area (Å²) in [5.41, 5.74) is -0.495. The summed E-state index contributed by atoms with van der Waals surface area (Å²) in [7, 11) is -2.48. The van der Waals surface area contributed by atoms with Crippen LogP contribution in [0.1, 0.15) is 0 Å². The molecule has 6 heteroatoms. The van der Waals surface area contributed by atoms with Crippen LogP contribution in [-0.2, 0) is 0 Å². The molecule has 18 heavy (non-hydrogen) atoms. The Kier molecular flexibility index (Phi) is 3.92. The zero-order valence-electron chi connectivity index (χ0n) is 15.1. The molecular weight excluding hydrogens is 269 g/mol. The zero-order chi connectivity index (χ0) is 15.0.